The lowest BCUT2D eigenvalue weighted by Gasteiger charge is -2.15. The van der Waals surface area contributed by atoms with E-state index in [-0.39, 0.29) is 17.5 Å². The van der Waals surface area contributed by atoms with Crippen LogP contribution in [0.25, 0.3) is 28.0 Å². The standard InChI is InChI=1S/C30H30N4O5S2/c1-4-27(29(35)39-6-3)40-30-32-31-28(34(30)21-16-18-22(19-17-21)38-5-2)25-20-33(26-15-11-10-14-24(25)26)41(36,37)23-12-8-7-9-13-23/h7-20,27H,4-6H2,1-3H3. The van der Waals surface area contributed by atoms with Gasteiger partial charge in [0.05, 0.1) is 23.6 Å². The van der Waals surface area contributed by atoms with Gasteiger partial charge < -0.3 is 9.47 Å². The summed E-state index contributed by atoms with van der Waals surface area (Å²) in [7, 11) is -3.90. The number of carbonyl (C=O) groups is 1. The van der Waals surface area contributed by atoms with Gasteiger partial charge in [0.15, 0.2) is 11.0 Å². The molecule has 0 aliphatic carbocycles. The molecular weight excluding hydrogens is 560 g/mol. The third-order valence-corrected chi connectivity index (χ3v) is 9.40. The van der Waals surface area contributed by atoms with E-state index in [0.717, 1.165) is 5.69 Å². The van der Waals surface area contributed by atoms with Crippen molar-refractivity contribution in [3.05, 3.63) is 85.1 Å². The number of para-hydroxylation sites is 1. The minimum absolute atomic E-state index is 0.178. The number of nitrogens with zero attached hydrogens (tertiary/aromatic N) is 4. The Kier molecular flexibility index (Phi) is 8.46. The molecule has 0 bridgehead atoms. The topological polar surface area (TPSA) is 105 Å². The Morgan fingerprint density at radius 1 is 0.902 bits per heavy atom. The molecule has 0 saturated heterocycles. The van der Waals surface area contributed by atoms with Gasteiger partial charge in [-0.15, -0.1) is 10.2 Å². The van der Waals surface area contributed by atoms with Gasteiger partial charge in [0, 0.05) is 22.8 Å². The maximum Gasteiger partial charge on any atom is 0.319 e. The van der Waals surface area contributed by atoms with Gasteiger partial charge in [-0.2, -0.15) is 0 Å². The fraction of sp³-hybridized carbons (Fsp3) is 0.233. The Morgan fingerprint density at radius 3 is 2.29 bits per heavy atom. The quantitative estimate of drug-likeness (QED) is 0.137. The van der Waals surface area contributed by atoms with Gasteiger partial charge in [0.25, 0.3) is 10.0 Å². The summed E-state index contributed by atoms with van der Waals surface area (Å²) in [6, 6.07) is 23.0. The molecule has 41 heavy (non-hydrogen) atoms. The van der Waals surface area contributed by atoms with Crippen LogP contribution in [0.3, 0.4) is 0 Å². The van der Waals surface area contributed by atoms with Crippen LogP contribution in [0.15, 0.2) is 95.1 Å². The molecule has 1 unspecified atom stereocenters. The van der Waals surface area contributed by atoms with Crippen molar-refractivity contribution in [2.24, 2.45) is 0 Å². The van der Waals surface area contributed by atoms with Crippen molar-refractivity contribution < 1.29 is 22.7 Å². The van der Waals surface area contributed by atoms with E-state index in [9.17, 15) is 13.2 Å². The van der Waals surface area contributed by atoms with Gasteiger partial charge in [-0.25, -0.2) is 12.4 Å². The molecule has 0 radical (unpaired) electrons. The van der Waals surface area contributed by atoms with Gasteiger partial charge in [-0.3, -0.25) is 9.36 Å². The number of hydrogen-bond acceptors (Lipinski definition) is 8. The van der Waals surface area contributed by atoms with Crippen LogP contribution in [0.5, 0.6) is 5.75 Å². The minimum atomic E-state index is -3.90. The average molecular weight is 591 g/mol. The van der Waals surface area contributed by atoms with Crippen LogP contribution in [-0.2, 0) is 19.6 Å². The predicted molar refractivity (Wildman–Crippen MR) is 159 cm³/mol. The highest BCUT2D eigenvalue weighted by molar-refractivity contribution is 8.00. The normalized spacial score (nSPS) is 12.4. The van der Waals surface area contributed by atoms with Crippen LogP contribution >= 0.6 is 11.8 Å². The van der Waals surface area contributed by atoms with Crippen molar-refractivity contribution in [2.45, 2.75) is 42.5 Å². The Hall–Kier alpha value is -4.09. The highest BCUT2D eigenvalue weighted by Crippen LogP contribution is 2.37. The van der Waals surface area contributed by atoms with E-state index in [2.05, 4.69) is 10.2 Å². The van der Waals surface area contributed by atoms with Gasteiger partial charge in [0.1, 0.15) is 11.0 Å². The molecule has 0 fully saturated rings. The van der Waals surface area contributed by atoms with E-state index < -0.39 is 15.3 Å². The molecule has 0 aliphatic rings. The smallest absolute Gasteiger partial charge is 0.319 e. The van der Waals surface area contributed by atoms with Crippen molar-refractivity contribution in [1.82, 2.24) is 18.7 Å². The fourth-order valence-electron chi connectivity index (χ4n) is 4.51. The highest BCUT2D eigenvalue weighted by atomic mass is 32.2. The number of ether oxygens (including phenoxy) is 2. The third-order valence-electron chi connectivity index (χ3n) is 6.43. The largest absolute Gasteiger partial charge is 0.494 e. The van der Waals surface area contributed by atoms with E-state index in [1.165, 1.54) is 15.7 Å². The summed E-state index contributed by atoms with van der Waals surface area (Å²) in [6.45, 7) is 6.41. The highest BCUT2D eigenvalue weighted by Gasteiger charge is 2.28. The number of aromatic nitrogens is 4. The number of fused-ring (bicyclic) bond motifs is 1. The van der Waals surface area contributed by atoms with Gasteiger partial charge in [0.2, 0.25) is 0 Å². The molecule has 1 atom stereocenters. The number of thioether (sulfide) groups is 1. The summed E-state index contributed by atoms with van der Waals surface area (Å²) >= 11 is 1.26. The van der Waals surface area contributed by atoms with Crippen LogP contribution in [0.4, 0.5) is 0 Å². The number of benzene rings is 3. The monoisotopic (exact) mass is 590 g/mol. The summed E-state index contributed by atoms with van der Waals surface area (Å²) in [5.41, 5.74) is 1.83. The second kappa shape index (κ2) is 12.2. The summed E-state index contributed by atoms with van der Waals surface area (Å²) in [5.74, 6) is 0.825. The number of carbonyl (C=O) groups excluding carboxylic acids is 1. The van der Waals surface area contributed by atoms with Crippen molar-refractivity contribution in [3.8, 4) is 22.8 Å². The lowest BCUT2D eigenvalue weighted by atomic mass is 10.1. The van der Waals surface area contributed by atoms with Gasteiger partial charge >= 0.3 is 5.97 Å². The first-order valence-electron chi connectivity index (χ1n) is 13.3. The van der Waals surface area contributed by atoms with E-state index in [1.807, 2.05) is 54.8 Å². The van der Waals surface area contributed by atoms with Crippen LogP contribution in [0.2, 0.25) is 0 Å². The summed E-state index contributed by atoms with van der Waals surface area (Å²) in [5, 5.41) is 9.69. The zero-order valence-corrected chi connectivity index (χ0v) is 24.6. The zero-order valence-electron chi connectivity index (χ0n) is 22.9. The fourth-order valence-corrected chi connectivity index (χ4v) is 6.87. The average Bonchev–Trinajstić information content (AvgIpc) is 3.59. The first-order valence-corrected chi connectivity index (χ1v) is 15.6. The van der Waals surface area contributed by atoms with E-state index >= 15 is 0 Å². The maximum atomic E-state index is 13.7. The molecule has 0 amide bonds. The lowest BCUT2D eigenvalue weighted by molar-refractivity contribution is -0.142. The van der Waals surface area contributed by atoms with E-state index in [1.54, 1.807) is 55.6 Å². The summed E-state index contributed by atoms with van der Waals surface area (Å²) < 4.78 is 41.5. The van der Waals surface area contributed by atoms with Crippen LogP contribution in [0, 0.1) is 0 Å². The van der Waals surface area contributed by atoms with Crippen molar-refractivity contribution in [1.29, 1.82) is 0 Å². The van der Waals surface area contributed by atoms with E-state index in [0.29, 0.717) is 46.2 Å². The molecule has 212 valence electrons. The van der Waals surface area contributed by atoms with Crippen molar-refractivity contribution >= 4 is 38.7 Å². The molecule has 9 nitrogen and oxygen atoms in total. The molecule has 2 aromatic heterocycles. The lowest BCUT2D eigenvalue weighted by Crippen LogP contribution is -2.20. The Bertz CT molecular complexity index is 1760. The molecule has 0 saturated carbocycles. The number of esters is 1. The minimum Gasteiger partial charge on any atom is -0.494 e. The Labute approximate surface area is 243 Å². The zero-order chi connectivity index (χ0) is 29.0. The molecule has 5 rings (SSSR count). The third kappa shape index (κ3) is 5.59. The molecule has 0 N–H and O–H groups in total. The second-order valence-corrected chi connectivity index (χ2v) is 12.0. The molecule has 3 aromatic carbocycles. The van der Waals surface area contributed by atoms with Crippen LogP contribution in [0.1, 0.15) is 27.2 Å². The number of rotatable bonds is 11. The van der Waals surface area contributed by atoms with Gasteiger partial charge in [-0.1, -0.05) is 55.1 Å². The maximum absolute atomic E-state index is 13.7. The molecule has 5 aromatic rings. The Morgan fingerprint density at radius 2 is 1.61 bits per heavy atom. The van der Waals surface area contributed by atoms with E-state index in [4.69, 9.17) is 9.47 Å². The molecule has 2 heterocycles. The first kappa shape index (κ1) is 28.4. The SMILES string of the molecule is CCOC(=O)C(CC)Sc1nnc(-c2cn(S(=O)(=O)c3ccccc3)c3ccccc23)n1-c1ccc(OCC)cc1. The first-order chi connectivity index (χ1) is 19.9. The summed E-state index contributed by atoms with van der Waals surface area (Å²) in [6.07, 6.45) is 2.11. The van der Waals surface area contributed by atoms with Crippen LogP contribution < -0.4 is 4.74 Å². The molecular formula is C30H30N4O5S2. The number of hydrogen-bond donors (Lipinski definition) is 0. The molecule has 11 heteroatoms. The molecule has 0 aliphatic heterocycles. The Balaban J connectivity index is 1.70. The van der Waals surface area contributed by atoms with Crippen molar-refractivity contribution in [2.75, 3.05) is 13.2 Å². The second-order valence-electron chi connectivity index (χ2n) is 9.01. The van der Waals surface area contributed by atoms with Crippen LogP contribution in [-0.4, -0.2) is 51.6 Å². The van der Waals surface area contributed by atoms with Crippen molar-refractivity contribution in [3.63, 3.8) is 0 Å². The predicted octanol–water partition coefficient (Wildman–Crippen LogP) is 5.96. The molecule has 0 spiro atoms. The summed E-state index contributed by atoms with van der Waals surface area (Å²) in [4.78, 5) is 12.8. The van der Waals surface area contributed by atoms with Gasteiger partial charge in [-0.05, 0) is 62.7 Å².